The summed E-state index contributed by atoms with van der Waals surface area (Å²) in [6.45, 7) is 1.04. The average molecular weight is 403 g/mol. The van der Waals surface area contributed by atoms with Crippen molar-refractivity contribution in [3.8, 4) is 11.3 Å². The first kappa shape index (κ1) is 14.4. The fourth-order valence-electron chi connectivity index (χ4n) is 2.04. The monoisotopic (exact) mass is 402 g/mol. The summed E-state index contributed by atoms with van der Waals surface area (Å²) >= 11 is 8.34. The normalized spacial score (nSPS) is 14.7. The fraction of sp³-hybridized carbons (Fsp3) is 0.400. The van der Waals surface area contributed by atoms with Crippen LogP contribution in [0.25, 0.3) is 11.3 Å². The van der Waals surface area contributed by atoms with E-state index in [0.29, 0.717) is 0 Å². The van der Waals surface area contributed by atoms with Gasteiger partial charge in [-0.2, -0.15) is 0 Å². The average Bonchev–Trinajstić information content (AvgIpc) is 3.15. The van der Waals surface area contributed by atoms with Crippen molar-refractivity contribution in [2.45, 2.75) is 31.7 Å². The van der Waals surface area contributed by atoms with Crippen LogP contribution in [0.1, 0.15) is 25.2 Å². The fourth-order valence-corrected chi connectivity index (χ4v) is 2.56. The molecule has 1 aliphatic carbocycles. The largest absolute Gasteiger partial charge is 0.441 e. The maximum Gasteiger partial charge on any atom is 0.194 e. The molecule has 0 bridgehead atoms. The van der Waals surface area contributed by atoms with Crippen LogP contribution in [0, 0.1) is 3.57 Å². The van der Waals surface area contributed by atoms with Crippen LogP contribution < -0.4 is 5.32 Å². The van der Waals surface area contributed by atoms with Gasteiger partial charge in [-0.05, 0) is 60.5 Å². The van der Waals surface area contributed by atoms with Gasteiger partial charge in [0.05, 0.1) is 11.2 Å². The molecular weight excluding hydrogens is 387 g/mol. The molecule has 106 valence electrons. The van der Waals surface area contributed by atoms with E-state index in [2.05, 4.69) is 32.9 Å². The van der Waals surface area contributed by atoms with Crippen LogP contribution in [0.2, 0.25) is 5.02 Å². The molecule has 0 spiro atoms. The van der Waals surface area contributed by atoms with Crippen LogP contribution in [-0.2, 0) is 6.42 Å². The molecule has 1 heterocycles. The molecule has 0 amide bonds. The molecule has 0 radical (unpaired) electrons. The highest BCUT2D eigenvalue weighted by molar-refractivity contribution is 14.1. The second-order valence-electron chi connectivity index (χ2n) is 5.08. The van der Waals surface area contributed by atoms with Gasteiger partial charge in [-0.1, -0.05) is 17.7 Å². The topological polar surface area (TPSA) is 38.1 Å². The molecule has 1 saturated carbocycles. The zero-order valence-electron chi connectivity index (χ0n) is 11.0. The van der Waals surface area contributed by atoms with Gasteiger partial charge < -0.3 is 9.73 Å². The van der Waals surface area contributed by atoms with Crippen molar-refractivity contribution in [1.29, 1.82) is 0 Å². The van der Waals surface area contributed by atoms with E-state index in [9.17, 15) is 0 Å². The summed E-state index contributed by atoms with van der Waals surface area (Å²) in [4.78, 5) is 4.34. The molecule has 0 aliphatic heterocycles. The Balaban J connectivity index is 1.58. The maximum absolute atomic E-state index is 6.13. The van der Waals surface area contributed by atoms with Crippen molar-refractivity contribution >= 4 is 34.2 Å². The second-order valence-corrected chi connectivity index (χ2v) is 6.65. The summed E-state index contributed by atoms with van der Waals surface area (Å²) in [6, 6.07) is 6.68. The predicted molar refractivity (Wildman–Crippen MR) is 89.0 cm³/mol. The predicted octanol–water partition coefficient (Wildman–Crippen LogP) is 4.28. The Kier molecular flexibility index (Phi) is 4.63. The lowest BCUT2D eigenvalue weighted by Crippen LogP contribution is -2.17. The smallest absolute Gasteiger partial charge is 0.194 e. The van der Waals surface area contributed by atoms with E-state index in [1.807, 2.05) is 18.2 Å². The Bertz CT molecular complexity index is 595. The summed E-state index contributed by atoms with van der Waals surface area (Å²) in [6.07, 6.45) is 6.37. The number of oxazole rings is 1. The van der Waals surface area contributed by atoms with Gasteiger partial charge in [-0.3, -0.25) is 0 Å². The van der Waals surface area contributed by atoms with Crippen molar-refractivity contribution in [3.63, 3.8) is 0 Å². The summed E-state index contributed by atoms with van der Waals surface area (Å²) in [5, 5.41) is 4.24. The first-order chi connectivity index (χ1) is 9.72. The van der Waals surface area contributed by atoms with Gasteiger partial charge in [0, 0.05) is 21.6 Å². The molecule has 20 heavy (non-hydrogen) atoms. The van der Waals surface area contributed by atoms with E-state index in [1.165, 1.54) is 12.8 Å². The highest BCUT2D eigenvalue weighted by Crippen LogP contribution is 2.27. The third kappa shape index (κ3) is 3.74. The molecule has 2 aromatic rings. The van der Waals surface area contributed by atoms with Crippen LogP contribution >= 0.6 is 34.2 Å². The van der Waals surface area contributed by atoms with Crippen molar-refractivity contribution in [2.75, 3.05) is 6.54 Å². The van der Waals surface area contributed by atoms with Gasteiger partial charge in [-0.15, -0.1) is 0 Å². The van der Waals surface area contributed by atoms with Crippen molar-refractivity contribution in [2.24, 2.45) is 0 Å². The molecule has 0 atom stereocenters. The minimum Gasteiger partial charge on any atom is -0.441 e. The molecule has 0 saturated heterocycles. The number of halogens is 2. The number of aryl methyl sites for hydroxylation is 1. The molecule has 3 rings (SSSR count). The molecular formula is C15H16ClIN2O. The number of aromatic nitrogens is 1. The van der Waals surface area contributed by atoms with E-state index in [1.54, 1.807) is 6.20 Å². The van der Waals surface area contributed by atoms with E-state index in [0.717, 1.165) is 51.2 Å². The highest BCUT2D eigenvalue weighted by atomic mass is 127. The van der Waals surface area contributed by atoms with E-state index in [4.69, 9.17) is 16.0 Å². The molecule has 1 aromatic carbocycles. The van der Waals surface area contributed by atoms with Crippen LogP contribution in [0.5, 0.6) is 0 Å². The lowest BCUT2D eigenvalue weighted by atomic mass is 10.2. The van der Waals surface area contributed by atoms with Gasteiger partial charge >= 0.3 is 0 Å². The zero-order valence-corrected chi connectivity index (χ0v) is 13.9. The number of hydrogen-bond donors (Lipinski definition) is 1. The standard InChI is InChI=1S/C15H16ClIN2O/c16-12-8-10(3-6-13(12)17)14-9-19-15(20-14)2-1-7-18-11-4-5-11/h3,6,8-9,11,18H,1-2,4-5,7H2. The van der Waals surface area contributed by atoms with Crippen LogP contribution in [0.15, 0.2) is 28.8 Å². The van der Waals surface area contributed by atoms with Crippen molar-refractivity contribution in [1.82, 2.24) is 10.3 Å². The number of nitrogens with one attached hydrogen (secondary N) is 1. The minimum absolute atomic E-state index is 0.745. The lowest BCUT2D eigenvalue weighted by Gasteiger charge is -2.01. The van der Waals surface area contributed by atoms with Crippen molar-refractivity contribution < 1.29 is 4.42 Å². The first-order valence-corrected chi connectivity index (χ1v) is 8.31. The zero-order chi connectivity index (χ0) is 13.9. The van der Waals surface area contributed by atoms with Gasteiger partial charge in [-0.25, -0.2) is 4.98 Å². The molecule has 0 unspecified atom stereocenters. The number of benzene rings is 1. The van der Waals surface area contributed by atoms with Crippen LogP contribution in [-0.4, -0.2) is 17.6 Å². The highest BCUT2D eigenvalue weighted by Gasteiger charge is 2.19. The summed E-state index contributed by atoms with van der Waals surface area (Å²) < 4.78 is 6.83. The van der Waals surface area contributed by atoms with Crippen LogP contribution in [0.4, 0.5) is 0 Å². The minimum atomic E-state index is 0.745. The van der Waals surface area contributed by atoms with E-state index in [-0.39, 0.29) is 0 Å². The molecule has 1 fully saturated rings. The van der Waals surface area contributed by atoms with E-state index < -0.39 is 0 Å². The van der Waals surface area contributed by atoms with Gasteiger partial charge in [0.15, 0.2) is 11.7 Å². The summed E-state index contributed by atoms with van der Waals surface area (Å²) in [7, 11) is 0. The number of rotatable bonds is 6. The molecule has 3 nitrogen and oxygen atoms in total. The van der Waals surface area contributed by atoms with Crippen molar-refractivity contribution in [3.05, 3.63) is 38.9 Å². The SMILES string of the molecule is Clc1cc(-c2cnc(CCCNC3CC3)o2)ccc1I. The third-order valence-electron chi connectivity index (χ3n) is 3.34. The second kappa shape index (κ2) is 6.45. The molecule has 1 aliphatic rings. The lowest BCUT2D eigenvalue weighted by molar-refractivity contribution is 0.491. The Morgan fingerprint density at radius 3 is 3.00 bits per heavy atom. The van der Waals surface area contributed by atoms with Crippen LogP contribution in [0.3, 0.4) is 0 Å². The Morgan fingerprint density at radius 1 is 1.40 bits per heavy atom. The molecule has 1 aromatic heterocycles. The van der Waals surface area contributed by atoms with Gasteiger partial charge in [0.2, 0.25) is 0 Å². The van der Waals surface area contributed by atoms with Gasteiger partial charge in [0.1, 0.15) is 0 Å². The summed E-state index contributed by atoms with van der Waals surface area (Å²) in [5.74, 6) is 1.58. The summed E-state index contributed by atoms with van der Waals surface area (Å²) in [5.41, 5.74) is 0.977. The third-order valence-corrected chi connectivity index (χ3v) is 4.91. The van der Waals surface area contributed by atoms with Gasteiger partial charge in [0.25, 0.3) is 0 Å². The number of hydrogen-bond acceptors (Lipinski definition) is 3. The maximum atomic E-state index is 6.13. The number of nitrogens with zero attached hydrogens (tertiary/aromatic N) is 1. The quantitative estimate of drug-likeness (QED) is 0.579. The molecule has 1 N–H and O–H groups in total. The Labute approximate surface area is 137 Å². The van der Waals surface area contributed by atoms with E-state index >= 15 is 0 Å². The first-order valence-electron chi connectivity index (χ1n) is 6.86. The molecule has 5 heteroatoms. The Morgan fingerprint density at radius 2 is 2.25 bits per heavy atom. The Hall–Kier alpha value is -0.590.